The number of urea groups is 1. The molecule has 2 amide bonds. The van der Waals surface area contributed by atoms with E-state index in [1.54, 1.807) is 11.1 Å². The Morgan fingerprint density at radius 2 is 2.21 bits per heavy atom. The SMILES string of the molecule is O=C(O)CCCCNC(=O)N1CCn2ccnc2C1. The highest BCUT2D eigenvalue weighted by Crippen LogP contribution is 2.09. The Morgan fingerprint density at radius 1 is 1.37 bits per heavy atom. The minimum Gasteiger partial charge on any atom is -0.481 e. The van der Waals surface area contributed by atoms with Gasteiger partial charge in [-0.3, -0.25) is 4.79 Å². The lowest BCUT2D eigenvalue weighted by atomic mass is 10.2. The van der Waals surface area contributed by atoms with Crippen molar-refractivity contribution in [1.82, 2.24) is 19.8 Å². The average Bonchev–Trinajstić information content (AvgIpc) is 2.84. The number of imidazole rings is 1. The van der Waals surface area contributed by atoms with Crippen LogP contribution in [0.2, 0.25) is 0 Å². The molecule has 2 rings (SSSR count). The Hall–Kier alpha value is -2.05. The van der Waals surface area contributed by atoms with Crippen LogP contribution in [0.15, 0.2) is 12.4 Å². The first-order chi connectivity index (χ1) is 9.16. The Kier molecular flexibility index (Phi) is 4.38. The molecule has 0 radical (unpaired) electrons. The molecule has 2 N–H and O–H groups in total. The number of aliphatic carboxylic acids is 1. The van der Waals surface area contributed by atoms with Crippen LogP contribution in [-0.2, 0) is 17.9 Å². The number of carbonyl (C=O) groups is 2. The van der Waals surface area contributed by atoms with Crippen LogP contribution in [0.5, 0.6) is 0 Å². The summed E-state index contributed by atoms with van der Waals surface area (Å²) in [5.74, 6) is 0.0986. The molecule has 0 aromatic carbocycles. The zero-order valence-corrected chi connectivity index (χ0v) is 10.7. The summed E-state index contributed by atoms with van der Waals surface area (Å²) in [6.45, 7) is 2.47. The number of unbranched alkanes of at least 4 members (excludes halogenated alkanes) is 1. The summed E-state index contributed by atoms with van der Waals surface area (Å²) in [5.41, 5.74) is 0. The van der Waals surface area contributed by atoms with Crippen molar-refractivity contribution in [3.05, 3.63) is 18.2 Å². The molecular weight excluding hydrogens is 248 g/mol. The molecule has 1 aliphatic heterocycles. The Labute approximate surface area is 111 Å². The molecule has 0 atom stereocenters. The molecule has 0 fully saturated rings. The molecule has 0 unspecified atom stereocenters. The van der Waals surface area contributed by atoms with Crippen LogP contribution in [0.1, 0.15) is 25.1 Å². The lowest BCUT2D eigenvalue weighted by Crippen LogP contribution is -2.44. The standard InChI is InChI=1S/C12H18N4O3/c17-11(18)3-1-2-4-14-12(19)16-8-7-15-6-5-13-10(15)9-16/h5-6H,1-4,7-9H2,(H,14,19)(H,17,18). The zero-order valence-electron chi connectivity index (χ0n) is 10.7. The molecule has 1 aromatic rings. The van der Waals surface area contributed by atoms with Gasteiger partial charge in [-0.05, 0) is 12.8 Å². The molecule has 0 saturated heterocycles. The van der Waals surface area contributed by atoms with Crippen molar-refractivity contribution in [1.29, 1.82) is 0 Å². The maximum Gasteiger partial charge on any atom is 0.317 e. The monoisotopic (exact) mass is 266 g/mol. The number of amides is 2. The number of aromatic nitrogens is 2. The normalized spacial score (nSPS) is 14.0. The fourth-order valence-electron chi connectivity index (χ4n) is 2.06. The fraction of sp³-hybridized carbons (Fsp3) is 0.583. The van der Waals surface area contributed by atoms with E-state index < -0.39 is 5.97 Å². The van der Waals surface area contributed by atoms with E-state index in [0.717, 1.165) is 12.4 Å². The summed E-state index contributed by atoms with van der Waals surface area (Å²) in [6, 6.07) is -0.107. The molecule has 1 aliphatic rings. The van der Waals surface area contributed by atoms with Crippen LogP contribution < -0.4 is 5.32 Å². The Balaban J connectivity index is 1.68. The largest absolute Gasteiger partial charge is 0.481 e. The van der Waals surface area contributed by atoms with Crippen LogP contribution in [-0.4, -0.2) is 44.6 Å². The smallest absolute Gasteiger partial charge is 0.317 e. The van der Waals surface area contributed by atoms with Crippen LogP contribution in [0.4, 0.5) is 4.79 Å². The first-order valence-electron chi connectivity index (χ1n) is 6.41. The lowest BCUT2D eigenvalue weighted by Gasteiger charge is -2.27. The van der Waals surface area contributed by atoms with E-state index in [-0.39, 0.29) is 12.5 Å². The first kappa shape index (κ1) is 13.4. The van der Waals surface area contributed by atoms with E-state index in [4.69, 9.17) is 5.11 Å². The topological polar surface area (TPSA) is 87.5 Å². The summed E-state index contributed by atoms with van der Waals surface area (Å²) in [5, 5.41) is 11.3. The summed E-state index contributed by atoms with van der Waals surface area (Å²) < 4.78 is 2.04. The van der Waals surface area contributed by atoms with E-state index >= 15 is 0 Å². The highest BCUT2D eigenvalue weighted by Gasteiger charge is 2.20. The molecule has 0 bridgehead atoms. The summed E-state index contributed by atoms with van der Waals surface area (Å²) in [7, 11) is 0. The molecule has 1 aromatic heterocycles. The predicted molar refractivity (Wildman–Crippen MR) is 67.5 cm³/mol. The third kappa shape index (κ3) is 3.70. The van der Waals surface area contributed by atoms with Gasteiger partial charge in [0, 0.05) is 38.4 Å². The van der Waals surface area contributed by atoms with Gasteiger partial charge in [0.2, 0.25) is 0 Å². The molecule has 0 spiro atoms. The zero-order chi connectivity index (χ0) is 13.7. The molecule has 7 nitrogen and oxygen atoms in total. The molecule has 104 valence electrons. The van der Waals surface area contributed by atoms with Gasteiger partial charge in [0.1, 0.15) is 5.82 Å². The van der Waals surface area contributed by atoms with Gasteiger partial charge in [-0.25, -0.2) is 9.78 Å². The molecule has 2 heterocycles. The van der Waals surface area contributed by atoms with E-state index in [1.165, 1.54) is 0 Å². The second kappa shape index (κ2) is 6.21. The fourth-order valence-corrected chi connectivity index (χ4v) is 2.06. The van der Waals surface area contributed by atoms with Gasteiger partial charge < -0.3 is 19.9 Å². The minimum absolute atomic E-state index is 0.107. The number of carboxylic acids is 1. The molecule has 7 heteroatoms. The van der Waals surface area contributed by atoms with Crippen LogP contribution in [0, 0.1) is 0 Å². The van der Waals surface area contributed by atoms with Crippen molar-refractivity contribution in [3.63, 3.8) is 0 Å². The highest BCUT2D eigenvalue weighted by molar-refractivity contribution is 5.74. The third-order valence-electron chi connectivity index (χ3n) is 3.13. The summed E-state index contributed by atoms with van der Waals surface area (Å²) in [4.78, 5) is 28.1. The van der Waals surface area contributed by atoms with E-state index in [2.05, 4.69) is 10.3 Å². The van der Waals surface area contributed by atoms with Crippen molar-refractivity contribution in [3.8, 4) is 0 Å². The van der Waals surface area contributed by atoms with Gasteiger partial charge in [0.25, 0.3) is 0 Å². The highest BCUT2D eigenvalue weighted by atomic mass is 16.4. The van der Waals surface area contributed by atoms with E-state index in [0.29, 0.717) is 32.5 Å². The van der Waals surface area contributed by atoms with Crippen molar-refractivity contribution >= 4 is 12.0 Å². The average molecular weight is 266 g/mol. The van der Waals surface area contributed by atoms with Crippen molar-refractivity contribution in [2.24, 2.45) is 0 Å². The van der Waals surface area contributed by atoms with E-state index in [9.17, 15) is 9.59 Å². The molecular formula is C12H18N4O3. The lowest BCUT2D eigenvalue weighted by molar-refractivity contribution is -0.137. The van der Waals surface area contributed by atoms with Gasteiger partial charge in [-0.2, -0.15) is 0 Å². The number of rotatable bonds is 5. The first-order valence-corrected chi connectivity index (χ1v) is 6.41. The van der Waals surface area contributed by atoms with Gasteiger partial charge in [-0.1, -0.05) is 0 Å². The van der Waals surface area contributed by atoms with Crippen molar-refractivity contribution in [2.45, 2.75) is 32.4 Å². The predicted octanol–water partition coefficient (Wildman–Crippen LogP) is 0.663. The van der Waals surface area contributed by atoms with Gasteiger partial charge in [0.15, 0.2) is 0 Å². The number of carboxylic acid groups (broad SMARTS) is 1. The van der Waals surface area contributed by atoms with Crippen LogP contribution in [0.3, 0.4) is 0 Å². The number of hydrogen-bond acceptors (Lipinski definition) is 3. The Morgan fingerprint density at radius 3 is 3.00 bits per heavy atom. The molecule has 19 heavy (non-hydrogen) atoms. The van der Waals surface area contributed by atoms with Gasteiger partial charge in [0.05, 0.1) is 6.54 Å². The minimum atomic E-state index is -0.797. The van der Waals surface area contributed by atoms with Crippen LogP contribution in [0.25, 0.3) is 0 Å². The van der Waals surface area contributed by atoms with Gasteiger partial charge >= 0.3 is 12.0 Å². The number of fused-ring (bicyclic) bond motifs is 1. The number of nitrogens with zero attached hydrogens (tertiary/aromatic N) is 3. The molecule has 0 saturated carbocycles. The Bertz CT molecular complexity index is 458. The quantitative estimate of drug-likeness (QED) is 0.766. The number of carbonyl (C=O) groups excluding carboxylic acids is 1. The van der Waals surface area contributed by atoms with Crippen molar-refractivity contribution in [2.75, 3.05) is 13.1 Å². The number of hydrogen-bond donors (Lipinski definition) is 2. The maximum atomic E-state index is 11.9. The number of nitrogens with one attached hydrogen (secondary N) is 1. The third-order valence-corrected chi connectivity index (χ3v) is 3.13. The second-order valence-corrected chi connectivity index (χ2v) is 4.54. The summed E-state index contributed by atoms with van der Waals surface area (Å²) >= 11 is 0. The van der Waals surface area contributed by atoms with E-state index in [1.807, 2.05) is 10.8 Å². The maximum absolute atomic E-state index is 11.9. The second-order valence-electron chi connectivity index (χ2n) is 4.54. The molecule has 0 aliphatic carbocycles. The van der Waals surface area contributed by atoms with Crippen molar-refractivity contribution < 1.29 is 14.7 Å². The summed E-state index contributed by atoms with van der Waals surface area (Å²) in [6.07, 6.45) is 5.07. The van der Waals surface area contributed by atoms with Crippen LogP contribution >= 0.6 is 0 Å². The van der Waals surface area contributed by atoms with Gasteiger partial charge in [-0.15, -0.1) is 0 Å².